The first kappa shape index (κ1) is 14.2. The van der Waals surface area contributed by atoms with Crippen molar-refractivity contribution in [3.05, 3.63) is 39.7 Å². The van der Waals surface area contributed by atoms with Gasteiger partial charge in [-0.3, -0.25) is 10.1 Å². The van der Waals surface area contributed by atoms with Crippen molar-refractivity contribution in [2.75, 3.05) is 12.5 Å². The summed E-state index contributed by atoms with van der Waals surface area (Å²) in [6.45, 7) is 0.344. The fourth-order valence-electron chi connectivity index (χ4n) is 2.28. The Morgan fingerprint density at radius 2 is 2.32 bits per heavy atom. The predicted octanol–water partition coefficient (Wildman–Crippen LogP) is 3.30. The molecule has 1 heterocycles. The summed E-state index contributed by atoms with van der Waals surface area (Å²) in [5.74, 6) is -0.234. The van der Waals surface area contributed by atoms with Gasteiger partial charge in [-0.2, -0.15) is 0 Å². The molecule has 19 heavy (non-hydrogen) atoms. The van der Waals surface area contributed by atoms with Crippen LogP contribution in [0.25, 0.3) is 0 Å². The smallest absolute Gasteiger partial charge is 0.258 e. The van der Waals surface area contributed by atoms with E-state index in [1.54, 1.807) is 0 Å². The molecular formula is C12H13ClFNO4. The highest BCUT2D eigenvalue weighted by molar-refractivity contribution is 6.17. The molecule has 0 saturated carbocycles. The quantitative estimate of drug-likeness (QED) is 0.361. The lowest BCUT2D eigenvalue weighted by Crippen LogP contribution is -2.26. The van der Waals surface area contributed by atoms with Gasteiger partial charge in [0.1, 0.15) is 11.4 Å². The fourth-order valence-corrected chi connectivity index (χ4v) is 2.41. The summed E-state index contributed by atoms with van der Waals surface area (Å²) >= 11 is 5.67. The van der Waals surface area contributed by atoms with Gasteiger partial charge in [0, 0.05) is 12.3 Å². The second kappa shape index (κ2) is 5.81. The molecule has 1 unspecified atom stereocenters. The number of rotatable bonds is 5. The van der Waals surface area contributed by atoms with Crippen molar-refractivity contribution >= 4 is 17.3 Å². The SMILES string of the molecule is O=[N+]([O-])c1cc(F)ccc1C1(CCCCl)CCOO1. The second-order valence-electron chi connectivity index (χ2n) is 4.36. The molecule has 1 aliphatic rings. The van der Waals surface area contributed by atoms with Gasteiger partial charge in [-0.05, 0) is 25.0 Å². The number of nitro benzene ring substituents is 1. The van der Waals surface area contributed by atoms with Crippen LogP contribution < -0.4 is 0 Å². The summed E-state index contributed by atoms with van der Waals surface area (Å²) < 4.78 is 13.2. The molecule has 0 bridgehead atoms. The Balaban J connectivity index is 2.44. The molecule has 1 saturated heterocycles. The standard InChI is InChI=1S/C12H13ClFNO4/c13-6-1-4-12(5-7-18-19-12)10-3-2-9(14)8-11(10)15(16)17/h2-3,8H,1,4-7H2. The third-order valence-electron chi connectivity index (χ3n) is 3.17. The van der Waals surface area contributed by atoms with Crippen molar-refractivity contribution in [3.63, 3.8) is 0 Å². The lowest BCUT2D eigenvalue weighted by molar-refractivity contribution is -0.389. The van der Waals surface area contributed by atoms with Crippen molar-refractivity contribution in [2.45, 2.75) is 24.9 Å². The van der Waals surface area contributed by atoms with Crippen LogP contribution >= 0.6 is 11.6 Å². The fraction of sp³-hybridized carbons (Fsp3) is 0.500. The summed E-state index contributed by atoms with van der Waals surface area (Å²) in [5, 5.41) is 11.1. The van der Waals surface area contributed by atoms with E-state index < -0.39 is 16.3 Å². The van der Waals surface area contributed by atoms with Crippen LogP contribution in [0.5, 0.6) is 0 Å². The zero-order valence-corrected chi connectivity index (χ0v) is 10.9. The summed E-state index contributed by atoms with van der Waals surface area (Å²) in [7, 11) is 0. The zero-order chi connectivity index (χ0) is 13.9. The molecule has 5 nitrogen and oxygen atoms in total. The molecule has 2 rings (SSSR count). The molecule has 0 amide bonds. The molecule has 0 N–H and O–H groups in total. The molecule has 1 aromatic carbocycles. The number of benzene rings is 1. The lowest BCUT2D eigenvalue weighted by atomic mass is 9.86. The van der Waals surface area contributed by atoms with Gasteiger partial charge in [0.25, 0.3) is 5.69 Å². The van der Waals surface area contributed by atoms with Gasteiger partial charge in [0.2, 0.25) is 0 Å². The second-order valence-corrected chi connectivity index (χ2v) is 4.74. The third-order valence-corrected chi connectivity index (χ3v) is 3.44. The zero-order valence-electron chi connectivity index (χ0n) is 10.1. The van der Waals surface area contributed by atoms with Gasteiger partial charge in [-0.15, -0.1) is 11.6 Å². The van der Waals surface area contributed by atoms with Crippen LogP contribution in [0.3, 0.4) is 0 Å². The van der Waals surface area contributed by atoms with Crippen LogP contribution in [0.15, 0.2) is 18.2 Å². The molecule has 1 fully saturated rings. The number of nitro groups is 1. The largest absolute Gasteiger partial charge is 0.278 e. The Kier molecular flexibility index (Phi) is 4.34. The molecule has 1 atom stereocenters. The van der Waals surface area contributed by atoms with Crippen LogP contribution in [-0.2, 0) is 15.4 Å². The Morgan fingerprint density at radius 3 is 2.89 bits per heavy atom. The first-order valence-electron chi connectivity index (χ1n) is 5.90. The minimum absolute atomic E-state index is 0.292. The van der Waals surface area contributed by atoms with Crippen molar-refractivity contribution in [1.82, 2.24) is 0 Å². The molecule has 1 aromatic rings. The highest BCUT2D eigenvalue weighted by Gasteiger charge is 2.43. The molecule has 0 aliphatic carbocycles. The summed E-state index contributed by atoms with van der Waals surface area (Å²) in [5.41, 5.74) is -0.869. The topological polar surface area (TPSA) is 61.6 Å². The van der Waals surface area contributed by atoms with E-state index in [2.05, 4.69) is 0 Å². The first-order valence-corrected chi connectivity index (χ1v) is 6.43. The number of nitrogens with zero attached hydrogens (tertiary/aromatic N) is 1. The average Bonchev–Trinajstić information content (AvgIpc) is 2.86. The molecule has 7 heteroatoms. The Labute approximate surface area is 114 Å². The minimum atomic E-state index is -0.912. The van der Waals surface area contributed by atoms with E-state index in [1.807, 2.05) is 0 Å². The van der Waals surface area contributed by atoms with Crippen LogP contribution in [0.1, 0.15) is 24.8 Å². The average molecular weight is 290 g/mol. The molecule has 104 valence electrons. The van der Waals surface area contributed by atoms with E-state index >= 15 is 0 Å². The number of hydrogen-bond donors (Lipinski definition) is 0. The maximum atomic E-state index is 13.2. The van der Waals surface area contributed by atoms with E-state index in [0.29, 0.717) is 37.3 Å². The van der Waals surface area contributed by atoms with Crippen molar-refractivity contribution < 1.29 is 19.1 Å². The van der Waals surface area contributed by atoms with Gasteiger partial charge in [-0.1, -0.05) is 0 Å². The van der Waals surface area contributed by atoms with Crippen molar-refractivity contribution in [3.8, 4) is 0 Å². The van der Waals surface area contributed by atoms with Crippen LogP contribution in [-0.4, -0.2) is 17.4 Å². The predicted molar refractivity (Wildman–Crippen MR) is 66.3 cm³/mol. The van der Waals surface area contributed by atoms with Crippen molar-refractivity contribution in [2.24, 2.45) is 0 Å². The van der Waals surface area contributed by atoms with E-state index in [0.717, 1.165) is 6.07 Å². The summed E-state index contributed by atoms with van der Waals surface area (Å²) in [6, 6.07) is 3.47. The minimum Gasteiger partial charge on any atom is -0.258 e. The third kappa shape index (κ3) is 2.86. The van der Waals surface area contributed by atoms with E-state index in [9.17, 15) is 14.5 Å². The van der Waals surface area contributed by atoms with Crippen LogP contribution in [0, 0.1) is 15.9 Å². The Morgan fingerprint density at radius 1 is 1.53 bits per heavy atom. The first-order chi connectivity index (χ1) is 9.09. The molecule has 0 radical (unpaired) electrons. The Bertz CT molecular complexity index is 477. The molecular weight excluding hydrogens is 277 g/mol. The monoisotopic (exact) mass is 289 g/mol. The molecule has 0 aromatic heterocycles. The number of halogens is 2. The van der Waals surface area contributed by atoms with Gasteiger partial charge in [0.15, 0.2) is 0 Å². The van der Waals surface area contributed by atoms with Crippen molar-refractivity contribution in [1.29, 1.82) is 0 Å². The molecule has 1 aliphatic heterocycles. The van der Waals surface area contributed by atoms with Gasteiger partial charge >= 0.3 is 0 Å². The van der Waals surface area contributed by atoms with Gasteiger partial charge in [0.05, 0.1) is 23.2 Å². The number of hydrogen-bond acceptors (Lipinski definition) is 4. The summed E-state index contributed by atoms with van der Waals surface area (Å²) in [4.78, 5) is 20.6. The van der Waals surface area contributed by atoms with E-state index in [4.69, 9.17) is 21.4 Å². The normalized spacial score (nSPS) is 22.6. The summed E-state index contributed by atoms with van der Waals surface area (Å²) in [6.07, 6.45) is 1.60. The van der Waals surface area contributed by atoms with Gasteiger partial charge < -0.3 is 0 Å². The highest BCUT2D eigenvalue weighted by Crippen LogP contribution is 2.43. The van der Waals surface area contributed by atoms with E-state index in [-0.39, 0.29) is 5.69 Å². The Hall–Kier alpha value is -1.24. The number of alkyl halides is 1. The van der Waals surface area contributed by atoms with Crippen LogP contribution in [0.4, 0.5) is 10.1 Å². The highest BCUT2D eigenvalue weighted by atomic mass is 35.5. The lowest BCUT2D eigenvalue weighted by Gasteiger charge is -2.25. The molecule has 0 spiro atoms. The van der Waals surface area contributed by atoms with Gasteiger partial charge in [-0.25, -0.2) is 14.2 Å². The maximum Gasteiger partial charge on any atom is 0.278 e. The van der Waals surface area contributed by atoms with E-state index in [1.165, 1.54) is 12.1 Å². The maximum absolute atomic E-state index is 13.2. The van der Waals surface area contributed by atoms with Crippen LogP contribution in [0.2, 0.25) is 0 Å².